The summed E-state index contributed by atoms with van der Waals surface area (Å²) >= 11 is 0. The molecular weight excluding hydrogens is 260 g/mol. The van der Waals surface area contributed by atoms with E-state index >= 15 is 0 Å². The van der Waals surface area contributed by atoms with E-state index in [1.54, 1.807) is 4.90 Å². The van der Waals surface area contributed by atoms with Crippen molar-refractivity contribution in [1.82, 2.24) is 10.2 Å². The van der Waals surface area contributed by atoms with Gasteiger partial charge in [-0.25, -0.2) is 0 Å². The second-order valence-electron chi connectivity index (χ2n) is 5.55. The standard InChI is InChI=1S/C18H20N2O/c1-20(10-9-14-5-3-2-4-6-14)18(21)15-7-8-16-12-19-13-17(16)11-15/h2-8,11,19H,9-10,12-13H2,1H3. The molecule has 1 aliphatic heterocycles. The van der Waals surface area contributed by atoms with E-state index < -0.39 is 0 Å². The summed E-state index contributed by atoms with van der Waals surface area (Å²) in [6, 6.07) is 16.3. The molecular formula is C18H20N2O. The minimum absolute atomic E-state index is 0.0978. The molecule has 21 heavy (non-hydrogen) atoms. The fourth-order valence-electron chi connectivity index (χ4n) is 2.69. The Kier molecular flexibility index (Phi) is 4.02. The Morgan fingerprint density at radius 2 is 1.86 bits per heavy atom. The van der Waals surface area contributed by atoms with Gasteiger partial charge in [-0.1, -0.05) is 36.4 Å². The smallest absolute Gasteiger partial charge is 0.253 e. The van der Waals surface area contributed by atoms with E-state index in [9.17, 15) is 4.79 Å². The van der Waals surface area contributed by atoms with Crippen LogP contribution in [0.2, 0.25) is 0 Å². The molecule has 2 aromatic rings. The molecule has 3 rings (SSSR count). The van der Waals surface area contributed by atoms with Crippen LogP contribution in [0.15, 0.2) is 48.5 Å². The predicted octanol–water partition coefficient (Wildman–Crippen LogP) is 2.60. The number of nitrogens with zero attached hydrogens (tertiary/aromatic N) is 1. The Bertz CT molecular complexity index is 637. The molecule has 1 heterocycles. The first kappa shape index (κ1) is 13.8. The third-order valence-electron chi connectivity index (χ3n) is 4.01. The molecule has 108 valence electrons. The quantitative estimate of drug-likeness (QED) is 0.933. The fraction of sp³-hybridized carbons (Fsp3) is 0.278. The number of carbonyl (C=O) groups is 1. The van der Waals surface area contributed by atoms with Crippen LogP contribution in [0, 0.1) is 0 Å². The summed E-state index contributed by atoms with van der Waals surface area (Å²) in [4.78, 5) is 14.3. The number of likely N-dealkylation sites (N-methyl/N-ethyl adjacent to an activating group) is 1. The van der Waals surface area contributed by atoms with Crippen molar-refractivity contribution >= 4 is 5.91 Å². The van der Waals surface area contributed by atoms with Gasteiger partial charge in [0.1, 0.15) is 0 Å². The first-order chi connectivity index (χ1) is 10.2. The van der Waals surface area contributed by atoms with Gasteiger partial charge in [0.25, 0.3) is 5.91 Å². The van der Waals surface area contributed by atoms with Gasteiger partial charge in [0.2, 0.25) is 0 Å². The number of hydrogen-bond donors (Lipinski definition) is 1. The number of hydrogen-bond acceptors (Lipinski definition) is 2. The lowest BCUT2D eigenvalue weighted by Gasteiger charge is -2.17. The predicted molar refractivity (Wildman–Crippen MR) is 84.1 cm³/mol. The van der Waals surface area contributed by atoms with Crippen molar-refractivity contribution in [3.8, 4) is 0 Å². The zero-order valence-corrected chi connectivity index (χ0v) is 12.3. The maximum Gasteiger partial charge on any atom is 0.253 e. The lowest BCUT2D eigenvalue weighted by atomic mass is 10.1. The summed E-state index contributed by atoms with van der Waals surface area (Å²) in [5.41, 5.74) is 4.60. The molecule has 3 nitrogen and oxygen atoms in total. The summed E-state index contributed by atoms with van der Waals surface area (Å²) in [6.07, 6.45) is 0.885. The van der Waals surface area contributed by atoms with Crippen LogP contribution in [0.25, 0.3) is 0 Å². The Morgan fingerprint density at radius 1 is 1.10 bits per heavy atom. The van der Waals surface area contributed by atoms with Crippen molar-refractivity contribution in [1.29, 1.82) is 0 Å². The number of carbonyl (C=O) groups excluding carboxylic acids is 1. The molecule has 0 saturated carbocycles. The van der Waals surface area contributed by atoms with E-state index in [4.69, 9.17) is 0 Å². The van der Waals surface area contributed by atoms with Gasteiger partial charge in [0.05, 0.1) is 0 Å². The van der Waals surface area contributed by atoms with Crippen LogP contribution in [0.5, 0.6) is 0 Å². The molecule has 0 aliphatic carbocycles. The summed E-state index contributed by atoms with van der Waals surface area (Å²) in [5.74, 6) is 0.0978. The molecule has 0 radical (unpaired) electrons. The second-order valence-corrected chi connectivity index (χ2v) is 5.55. The highest BCUT2D eigenvalue weighted by Crippen LogP contribution is 2.18. The molecule has 1 N–H and O–H groups in total. The summed E-state index contributed by atoms with van der Waals surface area (Å²) in [7, 11) is 1.87. The Morgan fingerprint density at radius 3 is 2.67 bits per heavy atom. The topological polar surface area (TPSA) is 32.3 Å². The van der Waals surface area contributed by atoms with Crippen LogP contribution in [-0.2, 0) is 19.5 Å². The van der Waals surface area contributed by atoms with E-state index in [0.717, 1.165) is 31.6 Å². The monoisotopic (exact) mass is 280 g/mol. The highest BCUT2D eigenvalue weighted by molar-refractivity contribution is 5.94. The molecule has 1 aliphatic rings. The van der Waals surface area contributed by atoms with Crippen molar-refractivity contribution in [3.63, 3.8) is 0 Å². The fourth-order valence-corrected chi connectivity index (χ4v) is 2.69. The van der Waals surface area contributed by atoms with Crippen LogP contribution < -0.4 is 5.32 Å². The Labute approximate surface area is 125 Å². The summed E-state index contributed by atoms with van der Waals surface area (Å²) in [6.45, 7) is 2.51. The van der Waals surface area contributed by atoms with Gasteiger partial charge in [-0.15, -0.1) is 0 Å². The van der Waals surface area contributed by atoms with Gasteiger partial charge < -0.3 is 10.2 Å². The molecule has 0 bridgehead atoms. The van der Waals surface area contributed by atoms with E-state index in [1.807, 2.05) is 37.4 Å². The number of nitrogens with one attached hydrogen (secondary N) is 1. The van der Waals surface area contributed by atoms with Crippen molar-refractivity contribution in [2.24, 2.45) is 0 Å². The largest absolute Gasteiger partial charge is 0.341 e. The van der Waals surface area contributed by atoms with E-state index in [2.05, 4.69) is 23.5 Å². The normalized spacial score (nSPS) is 13.0. The second kappa shape index (κ2) is 6.10. The maximum absolute atomic E-state index is 12.5. The molecule has 0 saturated heterocycles. The molecule has 0 aromatic heterocycles. The van der Waals surface area contributed by atoms with Crippen LogP contribution in [0.4, 0.5) is 0 Å². The zero-order valence-electron chi connectivity index (χ0n) is 12.3. The molecule has 0 fully saturated rings. The minimum Gasteiger partial charge on any atom is -0.341 e. The average molecular weight is 280 g/mol. The molecule has 0 spiro atoms. The lowest BCUT2D eigenvalue weighted by Crippen LogP contribution is -2.28. The van der Waals surface area contributed by atoms with Gasteiger partial charge >= 0.3 is 0 Å². The first-order valence-corrected chi connectivity index (χ1v) is 7.36. The number of rotatable bonds is 4. The van der Waals surface area contributed by atoms with Crippen molar-refractivity contribution < 1.29 is 4.79 Å². The minimum atomic E-state index is 0.0978. The van der Waals surface area contributed by atoms with Crippen molar-refractivity contribution in [3.05, 3.63) is 70.8 Å². The maximum atomic E-state index is 12.5. The van der Waals surface area contributed by atoms with Crippen molar-refractivity contribution in [2.45, 2.75) is 19.5 Å². The van der Waals surface area contributed by atoms with Crippen LogP contribution in [0.1, 0.15) is 27.0 Å². The summed E-state index contributed by atoms with van der Waals surface area (Å²) < 4.78 is 0. The first-order valence-electron chi connectivity index (χ1n) is 7.36. The third kappa shape index (κ3) is 3.14. The van der Waals surface area contributed by atoms with E-state index in [0.29, 0.717) is 0 Å². The molecule has 3 heteroatoms. The molecule has 0 atom stereocenters. The molecule has 0 unspecified atom stereocenters. The van der Waals surface area contributed by atoms with Gasteiger partial charge in [-0.3, -0.25) is 4.79 Å². The number of benzene rings is 2. The third-order valence-corrected chi connectivity index (χ3v) is 4.01. The van der Waals surface area contributed by atoms with Gasteiger partial charge in [0, 0.05) is 32.2 Å². The summed E-state index contributed by atoms with van der Waals surface area (Å²) in [5, 5.41) is 3.30. The van der Waals surface area contributed by atoms with E-state index in [1.165, 1.54) is 16.7 Å². The van der Waals surface area contributed by atoms with Gasteiger partial charge in [-0.05, 0) is 35.2 Å². The van der Waals surface area contributed by atoms with Crippen LogP contribution >= 0.6 is 0 Å². The number of amides is 1. The zero-order chi connectivity index (χ0) is 14.7. The van der Waals surface area contributed by atoms with Crippen LogP contribution in [0.3, 0.4) is 0 Å². The average Bonchev–Trinajstić information content (AvgIpc) is 3.00. The van der Waals surface area contributed by atoms with E-state index in [-0.39, 0.29) is 5.91 Å². The highest BCUT2D eigenvalue weighted by atomic mass is 16.2. The Hall–Kier alpha value is -2.13. The van der Waals surface area contributed by atoms with Gasteiger partial charge in [-0.2, -0.15) is 0 Å². The SMILES string of the molecule is CN(CCc1ccccc1)C(=O)c1ccc2c(c1)CNC2. The molecule has 1 amide bonds. The molecule has 2 aromatic carbocycles. The van der Waals surface area contributed by atoms with Crippen LogP contribution in [-0.4, -0.2) is 24.4 Å². The highest BCUT2D eigenvalue weighted by Gasteiger charge is 2.16. The lowest BCUT2D eigenvalue weighted by molar-refractivity contribution is 0.0796. The van der Waals surface area contributed by atoms with Gasteiger partial charge in [0.15, 0.2) is 0 Å². The van der Waals surface area contributed by atoms with Crippen molar-refractivity contribution in [2.75, 3.05) is 13.6 Å². The number of fused-ring (bicyclic) bond motifs is 1. The Balaban J connectivity index is 1.64.